The quantitative estimate of drug-likeness (QED) is 0.263. The molecule has 3 heteroatoms. The zero-order chi connectivity index (χ0) is 17.5. The van der Waals surface area contributed by atoms with Crippen LogP contribution in [0.1, 0.15) is 60.3 Å². The molecule has 0 amide bonds. The summed E-state index contributed by atoms with van der Waals surface area (Å²) < 4.78 is 10.5. The highest BCUT2D eigenvalue weighted by molar-refractivity contribution is 5.60. The molecule has 0 atom stereocenters. The lowest BCUT2D eigenvalue weighted by Gasteiger charge is -2.24. The second-order valence-corrected chi connectivity index (χ2v) is 6.25. The maximum Gasteiger partial charge on any atom is 0.508 e. The van der Waals surface area contributed by atoms with Gasteiger partial charge in [-0.15, -0.1) is 0 Å². The number of ether oxygens (including phenoxy) is 2. The summed E-state index contributed by atoms with van der Waals surface area (Å²) in [6, 6.07) is 0. The molecule has 0 aromatic rings. The molecule has 0 heterocycles. The van der Waals surface area contributed by atoms with E-state index in [1.807, 2.05) is 33.8 Å². The van der Waals surface area contributed by atoms with Gasteiger partial charge in [-0.1, -0.05) is 71.1 Å². The van der Waals surface area contributed by atoms with Gasteiger partial charge in [0.15, 0.2) is 0 Å². The van der Waals surface area contributed by atoms with Crippen LogP contribution in [-0.4, -0.2) is 18.9 Å². The molecule has 0 aliphatic carbocycles. The first-order valence-electron chi connectivity index (χ1n) is 8.77. The fraction of sp³-hybridized carbons (Fsp3) is 0.650. The van der Waals surface area contributed by atoms with Crippen molar-refractivity contribution < 1.29 is 14.3 Å². The Labute approximate surface area is 142 Å². The third-order valence-electron chi connectivity index (χ3n) is 3.33. The molecule has 0 bridgehead atoms. The number of hydrogen-bond acceptors (Lipinski definition) is 3. The normalized spacial score (nSPS) is 12.5. The Hall–Kier alpha value is -1.51. The Kier molecular flexibility index (Phi) is 13.2. The van der Waals surface area contributed by atoms with Crippen LogP contribution in [-0.2, 0) is 9.47 Å². The smallest absolute Gasteiger partial charge is 0.434 e. The number of rotatable bonds is 11. The summed E-state index contributed by atoms with van der Waals surface area (Å²) in [5.74, 6) is 0.586. The molecule has 0 aliphatic heterocycles. The Bertz CT molecular complexity index is 370. The monoisotopic (exact) mass is 322 g/mol. The maximum absolute atomic E-state index is 11.6. The highest BCUT2D eigenvalue weighted by Gasteiger charge is 2.22. The van der Waals surface area contributed by atoms with Crippen LogP contribution in [0, 0.1) is 11.8 Å². The molecule has 0 unspecified atom stereocenters. The van der Waals surface area contributed by atoms with Gasteiger partial charge in [0.05, 0.1) is 6.61 Å². The van der Waals surface area contributed by atoms with Crippen molar-refractivity contribution in [3.63, 3.8) is 0 Å². The molecule has 0 N–H and O–H groups in total. The predicted molar refractivity (Wildman–Crippen MR) is 97.5 cm³/mol. The van der Waals surface area contributed by atoms with Crippen LogP contribution in [0.5, 0.6) is 0 Å². The summed E-state index contributed by atoms with van der Waals surface area (Å²) in [5.41, 5.74) is 0. The van der Waals surface area contributed by atoms with Crippen LogP contribution in [0.2, 0.25) is 0 Å². The lowest BCUT2D eigenvalue weighted by Crippen LogP contribution is -2.29. The maximum atomic E-state index is 11.6. The summed E-state index contributed by atoms with van der Waals surface area (Å²) >= 11 is 0. The standard InChI is InChI=1S/C20H34O3/c1-6-7-8-9-10-11-12-13-14-15-16-22-20(21)23-19(17(2)3)18(4)5/h7-8,10-11,13-14,17-19H,6,9,12,15-16H2,1-5H3/b8-7-,11-10-,14-13-. The molecule has 0 fully saturated rings. The van der Waals surface area contributed by atoms with Gasteiger partial charge >= 0.3 is 6.16 Å². The molecule has 0 saturated carbocycles. The molecule has 132 valence electrons. The third-order valence-corrected chi connectivity index (χ3v) is 3.33. The van der Waals surface area contributed by atoms with Gasteiger partial charge in [0.1, 0.15) is 6.10 Å². The molecule has 0 aliphatic rings. The minimum absolute atomic E-state index is 0.0927. The predicted octanol–water partition coefficient (Wildman–Crippen LogP) is 6.07. The molecule has 0 rings (SSSR count). The largest absolute Gasteiger partial charge is 0.508 e. The van der Waals surface area contributed by atoms with Gasteiger partial charge in [0.2, 0.25) is 0 Å². The summed E-state index contributed by atoms with van der Waals surface area (Å²) in [4.78, 5) is 11.6. The summed E-state index contributed by atoms with van der Waals surface area (Å²) in [7, 11) is 0. The van der Waals surface area contributed by atoms with Crippen molar-refractivity contribution in [1.29, 1.82) is 0 Å². The van der Waals surface area contributed by atoms with Crippen molar-refractivity contribution in [1.82, 2.24) is 0 Å². The topological polar surface area (TPSA) is 35.5 Å². The molecule has 23 heavy (non-hydrogen) atoms. The fourth-order valence-corrected chi connectivity index (χ4v) is 2.22. The minimum atomic E-state index is -0.562. The van der Waals surface area contributed by atoms with Crippen molar-refractivity contribution in [3.05, 3.63) is 36.5 Å². The Morgan fingerprint density at radius 2 is 1.39 bits per heavy atom. The highest BCUT2D eigenvalue weighted by atomic mass is 16.7. The molecule has 0 radical (unpaired) electrons. The van der Waals surface area contributed by atoms with E-state index in [-0.39, 0.29) is 6.10 Å². The molecule has 0 saturated heterocycles. The Balaban J connectivity index is 3.76. The number of carbonyl (C=O) groups excluding carboxylic acids is 1. The van der Waals surface area contributed by atoms with Crippen molar-refractivity contribution in [2.75, 3.05) is 6.61 Å². The van der Waals surface area contributed by atoms with E-state index in [1.165, 1.54) is 0 Å². The van der Waals surface area contributed by atoms with E-state index in [4.69, 9.17) is 9.47 Å². The third kappa shape index (κ3) is 12.7. The first-order chi connectivity index (χ1) is 11.0. The number of hydrogen-bond donors (Lipinski definition) is 0. The van der Waals surface area contributed by atoms with Crippen LogP contribution in [0.25, 0.3) is 0 Å². The SMILES string of the molecule is CC/C=C\C/C=C\C/C=C\CCOC(=O)OC(C(C)C)C(C)C. The molecule has 0 aromatic carbocycles. The molecular weight excluding hydrogens is 288 g/mol. The minimum Gasteiger partial charge on any atom is -0.434 e. The fourth-order valence-electron chi connectivity index (χ4n) is 2.22. The highest BCUT2D eigenvalue weighted by Crippen LogP contribution is 2.16. The zero-order valence-electron chi connectivity index (χ0n) is 15.5. The molecular formula is C20H34O3. The summed E-state index contributed by atoms with van der Waals surface area (Å²) in [6.07, 6.45) is 15.8. The van der Waals surface area contributed by atoms with Gasteiger partial charge in [-0.25, -0.2) is 4.79 Å². The second kappa shape index (κ2) is 14.1. The Morgan fingerprint density at radius 1 is 0.870 bits per heavy atom. The first kappa shape index (κ1) is 21.5. The van der Waals surface area contributed by atoms with Gasteiger partial charge in [0, 0.05) is 0 Å². The van der Waals surface area contributed by atoms with Crippen LogP contribution in [0.3, 0.4) is 0 Å². The Morgan fingerprint density at radius 3 is 1.91 bits per heavy atom. The van der Waals surface area contributed by atoms with Gasteiger partial charge in [-0.3, -0.25) is 0 Å². The van der Waals surface area contributed by atoms with Crippen molar-refractivity contribution in [2.24, 2.45) is 11.8 Å². The van der Waals surface area contributed by atoms with Crippen LogP contribution < -0.4 is 0 Å². The van der Waals surface area contributed by atoms with Crippen molar-refractivity contribution >= 4 is 6.16 Å². The average Bonchev–Trinajstić information content (AvgIpc) is 2.49. The molecule has 0 aromatic heterocycles. The van der Waals surface area contributed by atoms with Gasteiger partial charge < -0.3 is 9.47 Å². The molecule has 0 spiro atoms. The van der Waals surface area contributed by atoms with Gasteiger partial charge in [-0.2, -0.15) is 0 Å². The second-order valence-electron chi connectivity index (χ2n) is 6.25. The van der Waals surface area contributed by atoms with Crippen LogP contribution in [0.4, 0.5) is 4.79 Å². The number of carbonyl (C=O) groups is 1. The van der Waals surface area contributed by atoms with Gasteiger partial charge in [-0.05, 0) is 37.5 Å². The lowest BCUT2D eigenvalue weighted by atomic mass is 9.96. The van der Waals surface area contributed by atoms with Crippen molar-refractivity contribution in [2.45, 2.75) is 66.4 Å². The average molecular weight is 322 g/mol. The summed E-state index contributed by atoms with van der Waals surface area (Å²) in [5, 5.41) is 0. The van der Waals surface area contributed by atoms with E-state index in [9.17, 15) is 4.79 Å². The van der Waals surface area contributed by atoms with Gasteiger partial charge in [0.25, 0.3) is 0 Å². The van der Waals surface area contributed by atoms with E-state index in [0.29, 0.717) is 24.9 Å². The summed E-state index contributed by atoms with van der Waals surface area (Å²) in [6.45, 7) is 10.7. The van der Waals surface area contributed by atoms with E-state index in [2.05, 4.69) is 37.3 Å². The van der Waals surface area contributed by atoms with E-state index in [1.54, 1.807) is 0 Å². The first-order valence-corrected chi connectivity index (χ1v) is 8.77. The number of allylic oxidation sites excluding steroid dienone is 5. The lowest BCUT2D eigenvalue weighted by molar-refractivity contribution is -0.00986. The zero-order valence-corrected chi connectivity index (χ0v) is 15.5. The van der Waals surface area contributed by atoms with E-state index in [0.717, 1.165) is 19.3 Å². The van der Waals surface area contributed by atoms with E-state index < -0.39 is 6.16 Å². The van der Waals surface area contributed by atoms with E-state index >= 15 is 0 Å². The molecule has 3 nitrogen and oxygen atoms in total. The van der Waals surface area contributed by atoms with Crippen LogP contribution in [0.15, 0.2) is 36.5 Å². The van der Waals surface area contributed by atoms with Crippen molar-refractivity contribution in [3.8, 4) is 0 Å². The van der Waals surface area contributed by atoms with Crippen LogP contribution >= 0.6 is 0 Å².